The van der Waals surface area contributed by atoms with Crippen LogP contribution in [0.25, 0.3) is 10.8 Å². The van der Waals surface area contributed by atoms with Crippen LogP contribution in [0.5, 0.6) is 5.75 Å². The lowest BCUT2D eigenvalue weighted by Crippen LogP contribution is -2.61. The van der Waals surface area contributed by atoms with Crippen LogP contribution < -0.4 is 75.7 Å². The number of amides is 13. The van der Waals surface area contributed by atoms with E-state index in [9.17, 15) is 80.9 Å². The van der Waals surface area contributed by atoms with E-state index in [1.807, 2.05) is 42.5 Å². The van der Waals surface area contributed by atoms with E-state index in [0.717, 1.165) is 10.8 Å². The number of phenolic OH excluding ortho intramolecular Hbond substituents is 1. The summed E-state index contributed by atoms with van der Waals surface area (Å²) in [6, 6.07) is 13.4. The second kappa shape index (κ2) is 43.2. The Kier molecular flexibility index (Phi) is 34.9. The summed E-state index contributed by atoms with van der Waals surface area (Å²) >= 11 is 6.23. The Balaban J connectivity index is 0.00000289. The maximum atomic E-state index is 14.9. The fraction of sp³-hybridized carbons (Fsp3) is 0.431. The maximum Gasteiger partial charge on any atom is 0.490 e. The third-order valence-electron chi connectivity index (χ3n) is 17.0. The van der Waals surface area contributed by atoms with Gasteiger partial charge in [-0.05, 0) is 121 Å². The lowest BCUT2D eigenvalue weighted by Gasteiger charge is -2.31. The van der Waals surface area contributed by atoms with Crippen LogP contribution in [-0.4, -0.2) is 201 Å². The van der Waals surface area contributed by atoms with Crippen molar-refractivity contribution in [2.75, 3.05) is 26.2 Å². The molecule has 21 N–H and O–H groups in total. The third kappa shape index (κ3) is 30.2. The lowest BCUT2D eigenvalue weighted by molar-refractivity contribution is -0.192. The fourth-order valence-corrected chi connectivity index (χ4v) is 11.5. The van der Waals surface area contributed by atoms with Gasteiger partial charge in [0.1, 0.15) is 66.2 Å². The highest BCUT2D eigenvalue weighted by Gasteiger charge is 2.41. The van der Waals surface area contributed by atoms with Gasteiger partial charge in [-0.3, -0.25) is 63.1 Å². The van der Waals surface area contributed by atoms with E-state index in [1.165, 1.54) is 55.4 Å². The molecule has 0 spiro atoms. The van der Waals surface area contributed by atoms with E-state index in [4.69, 9.17) is 44.1 Å². The number of aromatic nitrogens is 1. The van der Waals surface area contributed by atoms with E-state index in [2.05, 4.69) is 63.5 Å². The van der Waals surface area contributed by atoms with Crippen molar-refractivity contribution < 1.29 is 90.8 Å². The minimum absolute atomic E-state index is 0.00169. The number of rotatable bonds is 38. The summed E-state index contributed by atoms with van der Waals surface area (Å²) in [6.07, 6.45) is -2.38. The van der Waals surface area contributed by atoms with E-state index in [0.29, 0.717) is 33.7 Å². The molecule has 37 heteroatoms. The highest BCUT2D eigenvalue weighted by molar-refractivity contribution is 6.30. The summed E-state index contributed by atoms with van der Waals surface area (Å²) in [6.45, 7) is 5.20. The molecule has 13 amide bonds. The number of aliphatic hydroxyl groups is 1. The SMILES string of the molecule is CC(=O)N[C@H](Cc1ccc2ccccc2c1)C(=O)N[C@H](Cc1ccc(Cl)cc1)C(=O)N[C@H](Cc1cccnc1)C(=O)N[C@@H](CO)C(=O)N[C@@H](Cc1ccc(O)cc1)C(=O)N[C@H](CCCNC(N)=O)C(=O)N[C@@H](CC(C)C)C(=O)N[C@@H](CCCNC(=N)N)C(=O)N1CCC[C@H]1C(=O)N[C@H](C)C(N)=O.O=C(O)C(F)(F)F. The zero-order chi connectivity index (χ0) is 80.7. The summed E-state index contributed by atoms with van der Waals surface area (Å²) in [7, 11) is 0. The topological polar surface area (TPSA) is 533 Å². The number of phenols is 1. The van der Waals surface area contributed by atoms with Gasteiger partial charge in [0.2, 0.25) is 65.0 Å². The maximum absolute atomic E-state index is 14.9. The number of fused-ring (bicyclic) bond motifs is 1. The Morgan fingerprint density at radius 2 is 1.04 bits per heavy atom. The van der Waals surface area contributed by atoms with Gasteiger partial charge in [0, 0.05) is 69.7 Å². The van der Waals surface area contributed by atoms with Crippen molar-refractivity contribution >= 4 is 105 Å². The number of benzene rings is 4. The highest BCUT2D eigenvalue weighted by atomic mass is 35.5. The van der Waals surface area contributed by atoms with Crippen LogP contribution in [0.1, 0.15) is 94.9 Å². The van der Waals surface area contributed by atoms with Crippen LogP contribution >= 0.6 is 11.6 Å². The van der Waals surface area contributed by atoms with Crippen molar-refractivity contribution in [1.29, 1.82) is 5.41 Å². The summed E-state index contributed by atoms with van der Waals surface area (Å²) in [5, 5.41) is 66.9. The fourth-order valence-electron chi connectivity index (χ4n) is 11.4. The molecule has 33 nitrogen and oxygen atoms in total. The first-order valence-electron chi connectivity index (χ1n) is 34.7. The van der Waals surface area contributed by atoms with Crippen LogP contribution in [0.2, 0.25) is 5.02 Å². The Hall–Kier alpha value is -11.7. The van der Waals surface area contributed by atoms with Gasteiger partial charge in [0.15, 0.2) is 5.96 Å². The molecule has 4 aromatic carbocycles. The average molecular weight is 1550 g/mol. The number of hydrogen-bond acceptors (Lipinski definition) is 17. The monoisotopic (exact) mass is 1540 g/mol. The molecule has 0 radical (unpaired) electrons. The Morgan fingerprint density at radius 1 is 0.578 bits per heavy atom. The number of hydrogen-bond donors (Lipinski definition) is 18. The number of primary amides is 2. The van der Waals surface area contributed by atoms with Crippen LogP contribution in [-0.2, 0) is 83.2 Å². The molecule has 10 atom stereocenters. The molecule has 0 saturated carbocycles. The number of likely N-dealkylation sites (tertiary alicyclic amines) is 1. The van der Waals surface area contributed by atoms with Crippen LogP contribution in [0, 0.1) is 11.3 Å². The van der Waals surface area contributed by atoms with Gasteiger partial charge in [-0.1, -0.05) is 98.2 Å². The summed E-state index contributed by atoms with van der Waals surface area (Å²) in [5.74, 6) is -12.7. The van der Waals surface area contributed by atoms with Crippen LogP contribution in [0.3, 0.4) is 0 Å². The molecule has 1 saturated heterocycles. The minimum Gasteiger partial charge on any atom is -0.508 e. The number of nitrogens with zero attached hydrogens (tertiary/aromatic N) is 2. The molecule has 1 fully saturated rings. The molecule has 5 aromatic rings. The first-order chi connectivity index (χ1) is 51.5. The number of carbonyl (C=O) groups excluding carboxylic acids is 12. The third-order valence-corrected chi connectivity index (χ3v) is 17.2. The second-order valence-electron chi connectivity index (χ2n) is 26.2. The second-order valence-corrected chi connectivity index (χ2v) is 26.6. The zero-order valence-corrected chi connectivity index (χ0v) is 61.0. The quantitative estimate of drug-likeness (QED) is 0.0142. The molecule has 1 aliphatic rings. The van der Waals surface area contributed by atoms with Gasteiger partial charge in [0.05, 0.1) is 6.61 Å². The number of guanidine groups is 1. The molecule has 6 rings (SSSR count). The predicted octanol–water partition coefficient (Wildman–Crippen LogP) is 0.127. The number of pyridine rings is 1. The zero-order valence-electron chi connectivity index (χ0n) is 60.2. The molecular formula is C72H93ClF3N17O16. The van der Waals surface area contributed by atoms with Crippen molar-refractivity contribution in [2.24, 2.45) is 23.1 Å². The molecule has 109 heavy (non-hydrogen) atoms. The standard InChI is InChI=1S/C70H92ClN17O14.C2HF3O2/c1-39(2)31-52(61(94)82-51(15-9-28-77-69(73)74)68(101)88-30-10-16-58(88)67(100)79-40(3)59(72)92)83-60(93)50(14-8-29-78-70(75)102)81-63(96)54(34-43-20-25-49(91)26-21-43)86-66(99)57(38-89)87-65(98)56(36-45-11-7-27-76-37-45)85-64(97)55(33-42-18-23-48(71)24-19-42)84-62(95)53(80-41(4)90)35-44-17-22-46-12-5-6-13-47(46)32-44;3-2(4,5)1(6)7/h5-7,11-13,17-27,32,37,39-40,50-58,89,91H,8-10,14-16,28-31,33-36,38H2,1-4H3,(H2,72,92)(H,79,100)(H,80,90)(H,81,96)(H,82,94)(H,83,93)(H,84,95)(H,85,97)(H,86,99)(H,87,98)(H4,73,74,77)(H3,75,78,102);(H,6,7)/t40-,50-,51+,52+,53-,54+,55-,56-,57+,58+;/m1./s1. The smallest absolute Gasteiger partial charge is 0.490 e. The van der Waals surface area contributed by atoms with Gasteiger partial charge < -0.3 is 95.9 Å². The summed E-state index contributed by atoms with van der Waals surface area (Å²) < 4.78 is 31.7. The van der Waals surface area contributed by atoms with Gasteiger partial charge >= 0.3 is 18.2 Å². The van der Waals surface area contributed by atoms with E-state index in [1.54, 1.807) is 50.2 Å². The van der Waals surface area contributed by atoms with Crippen molar-refractivity contribution in [3.63, 3.8) is 0 Å². The number of aliphatic carboxylic acids is 1. The first kappa shape index (κ1) is 87.9. The highest BCUT2D eigenvalue weighted by Crippen LogP contribution is 2.23. The number of carbonyl (C=O) groups is 13. The van der Waals surface area contributed by atoms with E-state index < -0.39 is 150 Å². The normalized spacial score (nSPS) is 15.0. The van der Waals surface area contributed by atoms with Crippen molar-refractivity contribution in [3.05, 3.63) is 143 Å². The molecule has 1 aromatic heterocycles. The van der Waals surface area contributed by atoms with E-state index >= 15 is 0 Å². The minimum atomic E-state index is -5.08. The number of alkyl halides is 3. The van der Waals surface area contributed by atoms with Crippen LogP contribution in [0.4, 0.5) is 18.0 Å². The lowest BCUT2D eigenvalue weighted by atomic mass is 9.99. The number of halogens is 4. The van der Waals surface area contributed by atoms with Gasteiger partial charge in [-0.15, -0.1) is 0 Å². The Bertz CT molecular complexity index is 4000. The van der Waals surface area contributed by atoms with Gasteiger partial charge in [-0.2, -0.15) is 13.2 Å². The van der Waals surface area contributed by atoms with Crippen molar-refractivity contribution in [2.45, 2.75) is 165 Å². The largest absolute Gasteiger partial charge is 0.508 e. The average Bonchev–Trinajstić information content (AvgIpc) is 1.79. The summed E-state index contributed by atoms with van der Waals surface area (Å²) in [4.78, 5) is 181. The molecule has 0 unspecified atom stereocenters. The Morgan fingerprint density at radius 3 is 1.55 bits per heavy atom. The van der Waals surface area contributed by atoms with Crippen molar-refractivity contribution in [1.82, 2.24) is 68.4 Å². The number of aliphatic hydroxyl groups excluding tert-OH is 1. The number of carboxylic acid groups (broad SMARTS) is 1. The molecule has 2 heterocycles. The summed E-state index contributed by atoms with van der Waals surface area (Å²) in [5.41, 5.74) is 18.3. The molecule has 0 aliphatic carbocycles. The molecule has 0 bridgehead atoms. The first-order valence-corrected chi connectivity index (χ1v) is 35.1. The number of carboxylic acids is 1. The molecule has 1 aliphatic heterocycles. The van der Waals surface area contributed by atoms with Gasteiger partial charge in [-0.25, -0.2) is 9.59 Å². The predicted molar refractivity (Wildman–Crippen MR) is 391 cm³/mol. The van der Waals surface area contributed by atoms with Crippen molar-refractivity contribution in [3.8, 4) is 5.75 Å². The van der Waals surface area contributed by atoms with E-state index in [-0.39, 0.29) is 101 Å². The number of nitrogens with two attached hydrogens (primary N) is 3. The number of nitrogens with one attached hydrogen (secondary N) is 12. The van der Waals surface area contributed by atoms with Crippen LogP contribution in [0.15, 0.2) is 116 Å². The molecular weight excluding hydrogens is 1450 g/mol. The van der Waals surface area contributed by atoms with Gasteiger partial charge in [0.25, 0.3) is 0 Å². The number of aromatic hydroxyl groups is 1. The molecule has 590 valence electrons. The number of urea groups is 1. The Labute approximate surface area is 630 Å².